The van der Waals surface area contributed by atoms with Crippen LogP contribution < -0.4 is 0 Å². The molecular weight excluding hydrogens is 214 g/mol. The van der Waals surface area contributed by atoms with Crippen LogP contribution in [0.3, 0.4) is 0 Å². The van der Waals surface area contributed by atoms with Gasteiger partial charge in [-0.05, 0) is 30.4 Å². The van der Waals surface area contributed by atoms with Gasteiger partial charge in [-0.1, -0.05) is 18.2 Å². The fraction of sp³-hybridized carbons (Fsp3) is 0.357. The molecule has 2 rings (SSSR count). The molecule has 0 atom stereocenters. The summed E-state index contributed by atoms with van der Waals surface area (Å²) in [5.74, 6) is -0.198. The van der Waals surface area contributed by atoms with Gasteiger partial charge in [-0.25, -0.2) is 0 Å². The van der Waals surface area contributed by atoms with E-state index in [0.717, 1.165) is 19.4 Å². The molecule has 0 radical (unpaired) electrons. The number of fused-ring (bicyclic) bond motifs is 1. The van der Waals surface area contributed by atoms with Crippen molar-refractivity contribution in [3.8, 4) is 0 Å². The molecule has 2 aromatic rings. The molecular formula is C14H17NO2. The van der Waals surface area contributed by atoms with Gasteiger partial charge in [-0.2, -0.15) is 0 Å². The number of para-hydroxylation sites is 1. The average Bonchev–Trinajstić information content (AvgIpc) is 2.72. The lowest BCUT2D eigenvalue weighted by molar-refractivity contribution is -0.141. The molecule has 0 amide bonds. The van der Waals surface area contributed by atoms with Gasteiger partial charge in [-0.15, -0.1) is 0 Å². The zero-order valence-electron chi connectivity index (χ0n) is 10.1. The van der Waals surface area contributed by atoms with Gasteiger partial charge in [-0.3, -0.25) is 4.79 Å². The number of aryl methyl sites for hydroxylation is 1. The summed E-state index contributed by atoms with van der Waals surface area (Å²) in [6.07, 6.45) is 4.04. The maximum Gasteiger partial charge on any atom is 0.302 e. The summed E-state index contributed by atoms with van der Waals surface area (Å²) in [6.45, 7) is 2.93. The molecule has 0 N–H and O–H groups in total. The molecule has 0 aliphatic rings. The Hall–Kier alpha value is -1.77. The number of rotatable bonds is 5. The van der Waals surface area contributed by atoms with E-state index in [9.17, 15) is 4.79 Å². The van der Waals surface area contributed by atoms with E-state index in [1.165, 1.54) is 17.8 Å². The Bertz CT molecular complexity index is 502. The van der Waals surface area contributed by atoms with Gasteiger partial charge in [0.2, 0.25) is 0 Å². The van der Waals surface area contributed by atoms with Crippen LogP contribution in [-0.2, 0) is 16.1 Å². The highest BCUT2D eigenvalue weighted by Gasteiger charge is 1.99. The van der Waals surface area contributed by atoms with Gasteiger partial charge in [0.05, 0.1) is 6.61 Å². The highest BCUT2D eigenvalue weighted by molar-refractivity contribution is 5.79. The third-order valence-electron chi connectivity index (χ3n) is 2.78. The topological polar surface area (TPSA) is 31.2 Å². The molecule has 0 unspecified atom stereocenters. The van der Waals surface area contributed by atoms with Crippen LogP contribution in [0, 0.1) is 0 Å². The standard InChI is InChI=1S/C14H17NO2/c1-12(16)17-11-5-4-9-15-10-8-13-6-2-3-7-14(13)15/h2-3,6-8,10H,4-5,9,11H2,1H3. The molecule has 1 heterocycles. The van der Waals surface area contributed by atoms with Crippen molar-refractivity contribution < 1.29 is 9.53 Å². The van der Waals surface area contributed by atoms with Crippen LogP contribution in [0.5, 0.6) is 0 Å². The second-order valence-corrected chi connectivity index (χ2v) is 4.12. The predicted octanol–water partition coefficient (Wildman–Crippen LogP) is 2.98. The second kappa shape index (κ2) is 5.53. The first-order valence-electron chi connectivity index (χ1n) is 5.94. The molecule has 0 bridgehead atoms. The SMILES string of the molecule is CC(=O)OCCCCn1ccc2ccccc21. The summed E-state index contributed by atoms with van der Waals surface area (Å²) < 4.78 is 7.14. The number of aromatic nitrogens is 1. The van der Waals surface area contributed by atoms with E-state index in [4.69, 9.17) is 4.74 Å². The highest BCUT2D eigenvalue weighted by Crippen LogP contribution is 2.15. The molecule has 0 aliphatic heterocycles. The molecule has 0 saturated heterocycles. The summed E-state index contributed by atoms with van der Waals surface area (Å²) >= 11 is 0. The van der Waals surface area contributed by atoms with Crippen molar-refractivity contribution in [2.75, 3.05) is 6.61 Å². The Morgan fingerprint density at radius 3 is 2.88 bits per heavy atom. The summed E-state index contributed by atoms with van der Waals surface area (Å²) in [5.41, 5.74) is 1.26. The normalized spacial score (nSPS) is 10.6. The van der Waals surface area contributed by atoms with Crippen LogP contribution in [-0.4, -0.2) is 17.1 Å². The monoisotopic (exact) mass is 231 g/mol. The minimum atomic E-state index is -0.198. The van der Waals surface area contributed by atoms with Crippen LogP contribution in [0.2, 0.25) is 0 Å². The molecule has 1 aromatic heterocycles. The van der Waals surface area contributed by atoms with Crippen molar-refractivity contribution in [3.63, 3.8) is 0 Å². The smallest absolute Gasteiger partial charge is 0.302 e. The zero-order chi connectivity index (χ0) is 12.1. The molecule has 0 aliphatic carbocycles. The van der Waals surface area contributed by atoms with E-state index in [-0.39, 0.29) is 5.97 Å². The lowest BCUT2D eigenvalue weighted by Crippen LogP contribution is -2.02. The van der Waals surface area contributed by atoms with Crippen molar-refractivity contribution in [2.45, 2.75) is 26.3 Å². The summed E-state index contributed by atoms with van der Waals surface area (Å²) in [6, 6.07) is 10.5. The van der Waals surface area contributed by atoms with Crippen LogP contribution in [0.1, 0.15) is 19.8 Å². The average molecular weight is 231 g/mol. The summed E-state index contributed by atoms with van der Waals surface area (Å²) in [7, 11) is 0. The molecule has 3 heteroatoms. The van der Waals surface area contributed by atoms with Crippen molar-refractivity contribution in [3.05, 3.63) is 36.5 Å². The minimum absolute atomic E-state index is 0.198. The maximum absolute atomic E-state index is 10.6. The first-order chi connectivity index (χ1) is 8.27. The Balaban J connectivity index is 1.85. The maximum atomic E-state index is 10.6. The Morgan fingerprint density at radius 2 is 2.06 bits per heavy atom. The van der Waals surface area contributed by atoms with E-state index in [1.807, 2.05) is 6.07 Å². The van der Waals surface area contributed by atoms with Crippen LogP contribution in [0.4, 0.5) is 0 Å². The minimum Gasteiger partial charge on any atom is -0.466 e. The Kier molecular flexibility index (Phi) is 3.81. The number of carbonyl (C=O) groups is 1. The van der Waals surface area contributed by atoms with Crippen LogP contribution in [0.25, 0.3) is 10.9 Å². The van der Waals surface area contributed by atoms with Gasteiger partial charge in [0, 0.05) is 25.2 Å². The predicted molar refractivity (Wildman–Crippen MR) is 67.8 cm³/mol. The molecule has 0 saturated carbocycles. The number of ether oxygens (including phenoxy) is 1. The van der Waals surface area contributed by atoms with E-state index in [1.54, 1.807) is 0 Å². The number of carbonyl (C=O) groups excluding carboxylic acids is 1. The third kappa shape index (κ3) is 3.09. The molecule has 0 fully saturated rings. The number of benzene rings is 1. The second-order valence-electron chi connectivity index (χ2n) is 4.12. The molecule has 3 nitrogen and oxygen atoms in total. The molecule has 17 heavy (non-hydrogen) atoms. The fourth-order valence-electron chi connectivity index (χ4n) is 1.94. The van der Waals surface area contributed by atoms with E-state index < -0.39 is 0 Å². The lowest BCUT2D eigenvalue weighted by Gasteiger charge is -2.05. The van der Waals surface area contributed by atoms with Crippen molar-refractivity contribution in [1.82, 2.24) is 4.57 Å². The summed E-state index contributed by atoms with van der Waals surface area (Å²) in [5, 5.41) is 1.27. The number of unbranched alkanes of at least 4 members (excludes halogenated alkanes) is 1. The van der Waals surface area contributed by atoms with Gasteiger partial charge < -0.3 is 9.30 Å². The lowest BCUT2D eigenvalue weighted by atomic mass is 10.2. The van der Waals surface area contributed by atoms with Crippen molar-refractivity contribution >= 4 is 16.9 Å². The first-order valence-corrected chi connectivity index (χ1v) is 5.94. The van der Waals surface area contributed by atoms with E-state index >= 15 is 0 Å². The fourth-order valence-corrected chi connectivity index (χ4v) is 1.94. The number of hydrogen-bond acceptors (Lipinski definition) is 2. The van der Waals surface area contributed by atoms with Crippen molar-refractivity contribution in [1.29, 1.82) is 0 Å². The van der Waals surface area contributed by atoms with Crippen molar-refractivity contribution in [2.24, 2.45) is 0 Å². The Labute approximate surface area is 101 Å². The zero-order valence-corrected chi connectivity index (χ0v) is 10.1. The van der Waals surface area contributed by atoms with E-state index in [0.29, 0.717) is 6.61 Å². The molecule has 90 valence electrons. The first kappa shape index (κ1) is 11.7. The number of hydrogen-bond donors (Lipinski definition) is 0. The van der Waals surface area contributed by atoms with Gasteiger partial charge in [0.15, 0.2) is 0 Å². The van der Waals surface area contributed by atoms with Crippen LogP contribution in [0.15, 0.2) is 36.5 Å². The number of esters is 1. The highest BCUT2D eigenvalue weighted by atomic mass is 16.5. The van der Waals surface area contributed by atoms with E-state index in [2.05, 4.69) is 35.0 Å². The molecule has 0 spiro atoms. The number of nitrogens with zero attached hydrogens (tertiary/aromatic N) is 1. The van der Waals surface area contributed by atoms with Gasteiger partial charge in [0.25, 0.3) is 0 Å². The Morgan fingerprint density at radius 1 is 1.24 bits per heavy atom. The van der Waals surface area contributed by atoms with Gasteiger partial charge >= 0.3 is 5.97 Å². The largest absolute Gasteiger partial charge is 0.466 e. The van der Waals surface area contributed by atoms with Crippen LogP contribution >= 0.6 is 0 Å². The third-order valence-corrected chi connectivity index (χ3v) is 2.78. The quantitative estimate of drug-likeness (QED) is 0.585. The summed E-state index contributed by atoms with van der Waals surface area (Å²) in [4.78, 5) is 10.6. The van der Waals surface area contributed by atoms with Gasteiger partial charge in [0.1, 0.15) is 0 Å². The molecule has 1 aromatic carbocycles.